The number of nitrogens with zero attached hydrogens (tertiary/aromatic N) is 2. The molecule has 1 aromatic rings. The maximum Gasteiger partial charge on any atom is 0.130 e. The van der Waals surface area contributed by atoms with Crippen molar-refractivity contribution in [2.75, 3.05) is 0 Å². The van der Waals surface area contributed by atoms with Crippen molar-refractivity contribution in [2.24, 2.45) is 0 Å². The number of carbonyl (C=O) groups is 1. The van der Waals surface area contributed by atoms with Crippen LogP contribution in [0.25, 0.3) is 0 Å². The van der Waals surface area contributed by atoms with Crippen LogP contribution >= 0.6 is 0 Å². The number of hydrogen-bond acceptors (Lipinski definition) is 3. The molecule has 0 bridgehead atoms. The zero-order valence-electron chi connectivity index (χ0n) is 7.53. The lowest BCUT2D eigenvalue weighted by Gasteiger charge is -2.17. The molecule has 1 aromatic heterocycles. The van der Waals surface area contributed by atoms with Gasteiger partial charge in [-0.1, -0.05) is 0 Å². The average Bonchev–Trinajstić information content (AvgIpc) is 2.05. The molecule has 0 saturated heterocycles. The van der Waals surface area contributed by atoms with Crippen LogP contribution in [0.15, 0.2) is 12.5 Å². The lowest BCUT2D eigenvalue weighted by atomic mass is 9.86. The van der Waals surface area contributed by atoms with Gasteiger partial charge in [-0.15, -0.1) is 0 Å². The predicted molar refractivity (Wildman–Crippen MR) is 45.9 cm³/mol. The van der Waals surface area contributed by atoms with Gasteiger partial charge in [-0.2, -0.15) is 0 Å². The summed E-state index contributed by atoms with van der Waals surface area (Å²) in [5, 5.41) is 0. The molecule has 0 aromatic carbocycles. The molecule has 64 valence electrons. The summed E-state index contributed by atoms with van der Waals surface area (Å²) in [6, 6.07) is 0. The molecule has 12 heavy (non-hydrogen) atoms. The predicted octanol–water partition coefficient (Wildman–Crippen LogP) is 1.26. The van der Waals surface area contributed by atoms with Crippen molar-refractivity contribution in [3.63, 3.8) is 0 Å². The van der Waals surface area contributed by atoms with E-state index in [-0.39, 0.29) is 0 Å². The molecule has 1 rings (SSSR count). The molecule has 0 atom stereocenters. The monoisotopic (exact) mass is 164 g/mol. The number of aryl methyl sites for hydroxylation is 1. The summed E-state index contributed by atoms with van der Waals surface area (Å²) in [5.74, 6) is 0. The Bertz CT molecular complexity index is 294. The fourth-order valence-electron chi connectivity index (χ4n) is 1.09. The minimum Gasteiger partial charge on any atom is -0.302 e. The Morgan fingerprint density at radius 1 is 1.50 bits per heavy atom. The van der Waals surface area contributed by atoms with Gasteiger partial charge in [0.15, 0.2) is 0 Å². The minimum absolute atomic E-state index is 0.481. The highest BCUT2D eigenvalue weighted by molar-refractivity contribution is 5.67. The van der Waals surface area contributed by atoms with Gasteiger partial charge >= 0.3 is 0 Å². The minimum atomic E-state index is -0.481. The van der Waals surface area contributed by atoms with Gasteiger partial charge in [0.25, 0.3) is 0 Å². The molecule has 0 unspecified atom stereocenters. The first-order valence-corrected chi connectivity index (χ1v) is 3.81. The van der Waals surface area contributed by atoms with Crippen LogP contribution in [0, 0.1) is 6.92 Å². The zero-order chi connectivity index (χ0) is 9.19. The first-order valence-electron chi connectivity index (χ1n) is 3.81. The molecule has 0 saturated carbocycles. The molecule has 0 N–H and O–H groups in total. The Labute approximate surface area is 71.9 Å². The maximum atomic E-state index is 10.7. The fourth-order valence-corrected chi connectivity index (χ4v) is 1.09. The van der Waals surface area contributed by atoms with Crippen LogP contribution in [0.3, 0.4) is 0 Å². The molecule has 0 aliphatic carbocycles. The summed E-state index contributed by atoms with van der Waals surface area (Å²) in [6.45, 7) is 5.58. The summed E-state index contributed by atoms with van der Waals surface area (Å²) >= 11 is 0. The Kier molecular flexibility index (Phi) is 2.22. The normalized spacial score (nSPS) is 11.2. The summed E-state index contributed by atoms with van der Waals surface area (Å²) in [7, 11) is 0. The van der Waals surface area contributed by atoms with Gasteiger partial charge in [0, 0.05) is 22.9 Å². The third-order valence-electron chi connectivity index (χ3n) is 1.90. The highest BCUT2D eigenvalue weighted by atomic mass is 16.1. The number of hydrogen-bond donors (Lipinski definition) is 0. The lowest BCUT2D eigenvalue weighted by molar-refractivity contribution is -0.111. The largest absolute Gasteiger partial charge is 0.302 e. The van der Waals surface area contributed by atoms with Crippen LogP contribution in [0.5, 0.6) is 0 Å². The molecule has 0 amide bonds. The second-order valence-corrected chi connectivity index (χ2v) is 3.36. The zero-order valence-corrected chi connectivity index (χ0v) is 7.53. The van der Waals surface area contributed by atoms with Crippen molar-refractivity contribution in [1.82, 2.24) is 9.97 Å². The quantitative estimate of drug-likeness (QED) is 0.618. The Morgan fingerprint density at radius 2 is 2.17 bits per heavy atom. The molecule has 0 fully saturated rings. The van der Waals surface area contributed by atoms with Crippen molar-refractivity contribution < 1.29 is 4.79 Å². The van der Waals surface area contributed by atoms with Gasteiger partial charge in [-0.05, 0) is 20.8 Å². The van der Waals surface area contributed by atoms with Crippen LogP contribution < -0.4 is 0 Å². The van der Waals surface area contributed by atoms with E-state index in [9.17, 15) is 4.79 Å². The van der Waals surface area contributed by atoms with E-state index >= 15 is 0 Å². The molecule has 0 spiro atoms. The molecule has 3 heteroatoms. The lowest BCUT2D eigenvalue weighted by Crippen LogP contribution is -2.20. The van der Waals surface area contributed by atoms with Gasteiger partial charge in [0.1, 0.15) is 12.6 Å². The third kappa shape index (κ3) is 1.49. The molecule has 1 heterocycles. The molecule has 3 nitrogen and oxygen atoms in total. The topological polar surface area (TPSA) is 42.9 Å². The van der Waals surface area contributed by atoms with Crippen molar-refractivity contribution in [3.8, 4) is 0 Å². The highest BCUT2D eigenvalue weighted by Crippen LogP contribution is 2.21. The van der Waals surface area contributed by atoms with Crippen LogP contribution in [-0.2, 0) is 10.2 Å². The van der Waals surface area contributed by atoms with Crippen molar-refractivity contribution in [3.05, 3.63) is 23.8 Å². The van der Waals surface area contributed by atoms with E-state index in [1.807, 2.05) is 20.8 Å². The van der Waals surface area contributed by atoms with Gasteiger partial charge in [-0.3, -0.25) is 0 Å². The SMILES string of the molecule is Cc1ncncc1C(C)(C)C=O. The van der Waals surface area contributed by atoms with Gasteiger partial charge < -0.3 is 4.79 Å². The van der Waals surface area contributed by atoms with E-state index in [4.69, 9.17) is 0 Å². The van der Waals surface area contributed by atoms with Gasteiger partial charge in [0.05, 0.1) is 0 Å². The summed E-state index contributed by atoms with van der Waals surface area (Å²) in [5.41, 5.74) is 1.27. The van der Waals surface area contributed by atoms with Gasteiger partial charge in [-0.25, -0.2) is 9.97 Å². The second-order valence-electron chi connectivity index (χ2n) is 3.36. The van der Waals surface area contributed by atoms with E-state index in [2.05, 4.69) is 9.97 Å². The van der Waals surface area contributed by atoms with E-state index in [1.165, 1.54) is 6.33 Å². The maximum absolute atomic E-state index is 10.7. The van der Waals surface area contributed by atoms with E-state index in [1.54, 1.807) is 6.20 Å². The van der Waals surface area contributed by atoms with Crippen LogP contribution in [0.2, 0.25) is 0 Å². The molecular formula is C9H12N2O. The Morgan fingerprint density at radius 3 is 2.67 bits per heavy atom. The second kappa shape index (κ2) is 3.01. The first kappa shape index (κ1) is 8.84. The van der Waals surface area contributed by atoms with E-state index < -0.39 is 5.41 Å². The van der Waals surface area contributed by atoms with Crippen LogP contribution in [-0.4, -0.2) is 16.3 Å². The van der Waals surface area contributed by atoms with Crippen molar-refractivity contribution >= 4 is 6.29 Å². The molecule has 0 aliphatic rings. The number of carbonyl (C=O) groups excluding carboxylic acids is 1. The number of aldehydes is 1. The molecular weight excluding hydrogens is 152 g/mol. The standard InChI is InChI=1S/C9H12N2O/c1-7-8(4-10-6-11-7)9(2,3)5-12/h4-6H,1-3H3. The van der Waals surface area contributed by atoms with E-state index in [0.717, 1.165) is 17.5 Å². The smallest absolute Gasteiger partial charge is 0.130 e. The van der Waals surface area contributed by atoms with Crippen molar-refractivity contribution in [2.45, 2.75) is 26.2 Å². The number of rotatable bonds is 2. The third-order valence-corrected chi connectivity index (χ3v) is 1.90. The number of aromatic nitrogens is 2. The molecule has 0 radical (unpaired) electrons. The first-order chi connectivity index (χ1) is 5.58. The summed E-state index contributed by atoms with van der Waals surface area (Å²) < 4.78 is 0. The van der Waals surface area contributed by atoms with Gasteiger partial charge in [0.2, 0.25) is 0 Å². The fraction of sp³-hybridized carbons (Fsp3) is 0.444. The Hall–Kier alpha value is -1.25. The Balaban J connectivity index is 3.19. The van der Waals surface area contributed by atoms with Crippen LogP contribution in [0.4, 0.5) is 0 Å². The highest BCUT2D eigenvalue weighted by Gasteiger charge is 2.21. The molecule has 0 aliphatic heterocycles. The van der Waals surface area contributed by atoms with Crippen molar-refractivity contribution in [1.29, 1.82) is 0 Å². The van der Waals surface area contributed by atoms with Crippen LogP contribution in [0.1, 0.15) is 25.1 Å². The summed E-state index contributed by atoms with van der Waals surface area (Å²) in [4.78, 5) is 18.6. The summed E-state index contributed by atoms with van der Waals surface area (Å²) in [6.07, 6.45) is 4.09. The van der Waals surface area contributed by atoms with E-state index in [0.29, 0.717) is 0 Å². The average molecular weight is 164 g/mol.